The van der Waals surface area contributed by atoms with Gasteiger partial charge in [0.25, 0.3) is 0 Å². The van der Waals surface area contributed by atoms with Gasteiger partial charge < -0.3 is 4.74 Å². The standard InChI is InChI=1S/C14H11NO/c1-11-5-4-7-13(9-11)16-14-8-3-2-6-12(14)10-15/h2-9H,1H3. The highest BCUT2D eigenvalue weighted by atomic mass is 16.5. The van der Waals surface area contributed by atoms with E-state index >= 15 is 0 Å². The number of benzene rings is 2. The molecular formula is C14H11NO. The second-order valence-electron chi connectivity index (χ2n) is 3.53. The maximum atomic E-state index is 8.92. The van der Waals surface area contributed by atoms with E-state index in [1.165, 1.54) is 0 Å². The van der Waals surface area contributed by atoms with Crippen LogP contribution >= 0.6 is 0 Å². The molecule has 0 aromatic heterocycles. The molecule has 0 aliphatic heterocycles. The molecule has 0 saturated carbocycles. The Labute approximate surface area is 94.7 Å². The minimum atomic E-state index is 0.545. The zero-order valence-electron chi connectivity index (χ0n) is 8.97. The first-order valence-electron chi connectivity index (χ1n) is 5.03. The third-order valence-corrected chi connectivity index (χ3v) is 2.22. The number of nitrogens with zero attached hydrogens (tertiary/aromatic N) is 1. The van der Waals surface area contributed by atoms with E-state index in [0.717, 1.165) is 11.3 Å². The number of ether oxygens (including phenoxy) is 1. The van der Waals surface area contributed by atoms with Crippen molar-refractivity contribution in [1.82, 2.24) is 0 Å². The van der Waals surface area contributed by atoms with Crippen LogP contribution in [0.4, 0.5) is 0 Å². The molecule has 0 spiro atoms. The molecule has 0 atom stereocenters. The lowest BCUT2D eigenvalue weighted by atomic mass is 10.2. The van der Waals surface area contributed by atoms with Crippen LogP contribution in [0.5, 0.6) is 11.5 Å². The highest BCUT2D eigenvalue weighted by molar-refractivity contribution is 5.45. The van der Waals surface area contributed by atoms with Crippen molar-refractivity contribution in [2.75, 3.05) is 0 Å². The smallest absolute Gasteiger partial charge is 0.145 e. The SMILES string of the molecule is Cc1cccc(Oc2ccccc2C#N)c1. The van der Waals surface area contributed by atoms with Gasteiger partial charge in [-0.05, 0) is 36.8 Å². The van der Waals surface area contributed by atoms with Crippen LogP contribution in [-0.4, -0.2) is 0 Å². The first-order chi connectivity index (χ1) is 7.79. The third kappa shape index (κ3) is 2.21. The van der Waals surface area contributed by atoms with E-state index in [1.807, 2.05) is 43.3 Å². The normalized spacial score (nSPS) is 9.50. The zero-order valence-corrected chi connectivity index (χ0v) is 8.97. The molecule has 0 heterocycles. The maximum Gasteiger partial charge on any atom is 0.145 e. The van der Waals surface area contributed by atoms with E-state index in [2.05, 4.69) is 6.07 Å². The summed E-state index contributed by atoms with van der Waals surface area (Å²) in [5.41, 5.74) is 1.68. The van der Waals surface area contributed by atoms with Gasteiger partial charge in [0.15, 0.2) is 0 Å². The number of hydrogen-bond acceptors (Lipinski definition) is 2. The van der Waals surface area contributed by atoms with Gasteiger partial charge in [-0.2, -0.15) is 5.26 Å². The van der Waals surface area contributed by atoms with Crippen LogP contribution in [0.1, 0.15) is 11.1 Å². The van der Waals surface area contributed by atoms with Crippen molar-refractivity contribution in [3.05, 3.63) is 59.7 Å². The molecule has 0 fully saturated rings. The van der Waals surface area contributed by atoms with E-state index in [-0.39, 0.29) is 0 Å². The predicted molar refractivity (Wildman–Crippen MR) is 62.4 cm³/mol. The Kier molecular flexibility index (Phi) is 2.88. The lowest BCUT2D eigenvalue weighted by Gasteiger charge is -2.07. The van der Waals surface area contributed by atoms with Gasteiger partial charge in [0.2, 0.25) is 0 Å². The highest BCUT2D eigenvalue weighted by Gasteiger charge is 2.02. The number of rotatable bonds is 2. The molecular weight excluding hydrogens is 198 g/mol. The molecule has 0 aliphatic carbocycles. The lowest BCUT2D eigenvalue weighted by Crippen LogP contribution is -1.87. The van der Waals surface area contributed by atoms with Gasteiger partial charge in [-0.3, -0.25) is 0 Å². The molecule has 0 N–H and O–H groups in total. The second-order valence-corrected chi connectivity index (χ2v) is 3.53. The molecule has 0 amide bonds. The molecule has 2 heteroatoms. The Morgan fingerprint density at radius 3 is 2.62 bits per heavy atom. The summed E-state index contributed by atoms with van der Waals surface area (Å²) in [5, 5.41) is 8.92. The third-order valence-electron chi connectivity index (χ3n) is 2.22. The quantitative estimate of drug-likeness (QED) is 0.756. The van der Waals surface area contributed by atoms with Crippen LogP contribution in [-0.2, 0) is 0 Å². The molecule has 2 rings (SSSR count). The second kappa shape index (κ2) is 4.50. The van der Waals surface area contributed by atoms with E-state index in [4.69, 9.17) is 10.00 Å². The van der Waals surface area contributed by atoms with Crippen molar-refractivity contribution in [1.29, 1.82) is 5.26 Å². The van der Waals surface area contributed by atoms with Crippen LogP contribution in [0.25, 0.3) is 0 Å². The molecule has 2 nitrogen and oxygen atoms in total. The average molecular weight is 209 g/mol. The molecule has 0 radical (unpaired) electrons. The maximum absolute atomic E-state index is 8.92. The number of para-hydroxylation sites is 1. The fraction of sp³-hybridized carbons (Fsp3) is 0.0714. The van der Waals surface area contributed by atoms with Crippen LogP contribution in [0.3, 0.4) is 0 Å². The van der Waals surface area contributed by atoms with Crippen molar-refractivity contribution >= 4 is 0 Å². The number of nitriles is 1. The molecule has 0 unspecified atom stereocenters. The Morgan fingerprint density at radius 1 is 1.06 bits per heavy atom. The number of hydrogen-bond donors (Lipinski definition) is 0. The first kappa shape index (κ1) is 10.3. The molecule has 0 saturated heterocycles. The summed E-state index contributed by atoms with van der Waals surface area (Å²) in [7, 11) is 0. The van der Waals surface area contributed by atoms with E-state index in [0.29, 0.717) is 11.3 Å². The fourth-order valence-corrected chi connectivity index (χ4v) is 1.45. The van der Waals surface area contributed by atoms with Gasteiger partial charge in [0.05, 0.1) is 5.56 Å². The summed E-state index contributed by atoms with van der Waals surface area (Å²) in [6.45, 7) is 2.00. The van der Waals surface area contributed by atoms with Crippen LogP contribution < -0.4 is 4.74 Å². The highest BCUT2D eigenvalue weighted by Crippen LogP contribution is 2.24. The minimum absolute atomic E-state index is 0.545. The van der Waals surface area contributed by atoms with Gasteiger partial charge in [0, 0.05) is 0 Å². The van der Waals surface area contributed by atoms with Gasteiger partial charge in [-0.25, -0.2) is 0 Å². The largest absolute Gasteiger partial charge is 0.456 e. The van der Waals surface area contributed by atoms with Gasteiger partial charge in [-0.15, -0.1) is 0 Å². The molecule has 16 heavy (non-hydrogen) atoms. The summed E-state index contributed by atoms with van der Waals surface area (Å²) < 4.78 is 5.66. The van der Waals surface area contributed by atoms with E-state index in [9.17, 15) is 0 Å². The molecule has 78 valence electrons. The monoisotopic (exact) mass is 209 g/mol. The summed E-state index contributed by atoms with van der Waals surface area (Å²) in [5.74, 6) is 1.35. The first-order valence-corrected chi connectivity index (χ1v) is 5.03. The summed E-state index contributed by atoms with van der Waals surface area (Å²) in [4.78, 5) is 0. The molecule has 2 aromatic carbocycles. The van der Waals surface area contributed by atoms with Gasteiger partial charge in [0.1, 0.15) is 17.6 Å². The molecule has 0 bridgehead atoms. The summed E-state index contributed by atoms with van der Waals surface area (Å²) >= 11 is 0. The lowest BCUT2D eigenvalue weighted by molar-refractivity contribution is 0.480. The van der Waals surface area contributed by atoms with Crippen molar-refractivity contribution in [3.8, 4) is 17.6 Å². The molecule has 2 aromatic rings. The fourth-order valence-electron chi connectivity index (χ4n) is 1.45. The summed E-state index contributed by atoms with van der Waals surface area (Å²) in [6.07, 6.45) is 0. The van der Waals surface area contributed by atoms with Crippen molar-refractivity contribution in [3.63, 3.8) is 0 Å². The summed E-state index contributed by atoms with van der Waals surface area (Å²) in [6, 6.07) is 17.1. The molecule has 0 aliphatic rings. The van der Waals surface area contributed by atoms with Crippen molar-refractivity contribution in [2.24, 2.45) is 0 Å². The van der Waals surface area contributed by atoms with Gasteiger partial charge >= 0.3 is 0 Å². The zero-order chi connectivity index (χ0) is 11.4. The predicted octanol–water partition coefficient (Wildman–Crippen LogP) is 3.66. The van der Waals surface area contributed by atoms with Crippen LogP contribution in [0, 0.1) is 18.3 Å². The van der Waals surface area contributed by atoms with Crippen molar-refractivity contribution < 1.29 is 4.74 Å². The topological polar surface area (TPSA) is 33.0 Å². The van der Waals surface area contributed by atoms with Crippen LogP contribution in [0.2, 0.25) is 0 Å². The Hall–Kier alpha value is -2.27. The number of aryl methyl sites for hydroxylation is 1. The minimum Gasteiger partial charge on any atom is -0.456 e. The van der Waals surface area contributed by atoms with Crippen LogP contribution in [0.15, 0.2) is 48.5 Å². The van der Waals surface area contributed by atoms with E-state index in [1.54, 1.807) is 12.1 Å². The Morgan fingerprint density at radius 2 is 1.88 bits per heavy atom. The van der Waals surface area contributed by atoms with Crippen molar-refractivity contribution in [2.45, 2.75) is 6.92 Å². The van der Waals surface area contributed by atoms with Gasteiger partial charge in [-0.1, -0.05) is 24.3 Å². The average Bonchev–Trinajstić information content (AvgIpc) is 2.30. The Balaban J connectivity index is 2.31. The Bertz CT molecular complexity index is 540. The van der Waals surface area contributed by atoms with E-state index < -0.39 is 0 Å².